The largest absolute Gasteiger partial charge is 0.578 e. The second-order valence-electron chi connectivity index (χ2n) is 7.26. The van der Waals surface area contributed by atoms with Gasteiger partial charge >= 0.3 is 5.90 Å². The van der Waals surface area contributed by atoms with Crippen molar-refractivity contribution in [2.75, 3.05) is 20.2 Å². The molecule has 0 radical (unpaired) electrons. The number of methoxy groups -OCH3 is 1. The first-order valence-corrected chi connectivity index (χ1v) is 9.80. The summed E-state index contributed by atoms with van der Waals surface area (Å²) in [5, 5.41) is 32.3. The first kappa shape index (κ1) is 21.4. The smallest absolute Gasteiger partial charge is 0.375 e. The van der Waals surface area contributed by atoms with Crippen LogP contribution in [0.15, 0.2) is 46.4 Å². The van der Waals surface area contributed by atoms with Gasteiger partial charge < -0.3 is 20.6 Å². The van der Waals surface area contributed by atoms with Crippen LogP contribution in [-0.2, 0) is 4.79 Å². The Morgan fingerprint density at radius 2 is 2.10 bits per heavy atom. The van der Waals surface area contributed by atoms with E-state index in [1.165, 1.54) is 0 Å². The Morgan fingerprint density at radius 1 is 1.37 bits per heavy atom. The number of nitrogens with one attached hydrogen (secondary N) is 4. The van der Waals surface area contributed by atoms with Gasteiger partial charge in [-0.3, -0.25) is 20.8 Å². The quantitative estimate of drug-likeness (QED) is 0.261. The van der Waals surface area contributed by atoms with Gasteiger partial charge in [-0.25, -0.2) is 0 Å². The molecular formula is C21H28N6O3+2. The third-order valence-electron chi connectivity index (χ3n) is 5.28. The van der Waals surface area contributed by atoms with Crippen molar-refractivity contribution in [1.82, 2.24) is 10.6 Å². The maximum absolute atomic E-state index is 12.2. The van der Waals surface area contributed by atoms with E-state index < -0.39 is 0 Å². The Labute approximate surface area is 174 Å². The van der Waals surface area contributed by atoms with Gasteiger partial charge in [-0.2, -0.15) is 0 Å². The summed E-state index contributed by atoms with van der Waals surface area (Å²) >= 11 is 0. The second-order valence-corrected chi connectivity index (χ2v) is 7.26. The van der Waals surface area contributed by atoms with Crippen LogP contribution in [0.2, 0.25) is 0 Å². The Hall–Kier alpha value is -3.30. The standard InChI is InChI=1S/C21H26N6O3/c1-12-9-14(30-2)3-4-15(12)19(23)27-21(29)16(11-22)20-25-17(10-18(28)26-20)13-5-7-24-8-6-13/h3-4,9-11,13,22,24-25H,5-8H2,1-2H3,(H,26,28)(H2,23,27,29)/p+2. The lowest BCUT2D eigenvalue weighted by Gasteiger charge is -2.25. The molecule has 2 aliphatic rings. The van der Waals surface area contributed by atoms with Gasteiger partial charge in [0.05, 0.1) is 13.2 Å². The molecule has 1 aromatic carbocycles. The van der Waals surface area contributed by atoms with Crippen LogP contribution in [-0.4, -0.2) is 49.2 Å². The van der Waals surface area contributed by atoms with Gasteiger partial charge in [-0.05, 0) is 56.6 Å². The van der Waals surface area contributed by atoms with Crippen LogP contribution in [0.4, 0.5) is 0 Å². The van der Waals surface area contributed by atoms with Gasteiger partial charge in [0, 0.05) is 17.7 Å². The van der Waals surface area contributed by atoms with Crippen LogP contribution in [0, 0.1) is 23.7 Å². The molecule has 2 heterocycles. The van der Waals surface area contributed by atoms with Gasteiger partial charge in [0.15, 0.2) is 11.4 Å². The Balaban J connectivity index is 1.87. The van der Waals surface area contributed by atoms with E-state index in [2.05, 4.69) is 15.6 Å². The maximum atomic E-state index is 12.2. The minimum absolute atomic E-state index is 0.0867. The third-order valence-corrected chi connectivity index (χ3v) is 5.28. The number of amidine groups is 1. The molecule has 2 aliphatic heterocycles. The third kappa shape index (κ3) is 4.81. The van der Waals surface area contributed by atoms with Crippen molar-refractivity contribution < 1.29 is 20.0 Å². The fourth-order valence-electron chi connectivity index (χ4n) is 3.64. The molecule has 30 heavy (non-hydrogen) atoms. The molecule has 3 rings (SSSR count). The topological polar surface area (TPSA) is 150 Å². The lowest BCUT2D eigenvalue weighted by Crippen LogP contribution is -2.86. The summed E-state index contributed by atoms with van der Waals surface area (Å²) in [5.41, 5.74) is 2.44. The van der Waals surface area contributed by atoms with Crippen LogP contribution in [0.3, 0.4) is 0 Å². The molecule has 0 spiro atoms. The number of nitrogens with zero attached hydrogens (tertiary/aromatic N) is 1. The van der Waals surface area contributed by atoms with Crippen molar-refractivity contribution >= 4 is 23.9 Å². The Morgan fingerprint density at radius 3 is 2.73 bits per heavy atom. The zero-order valence-corrected chi connectivity index (χ0v) is 17.1. The Bertz CT molecular complexity index is 957. The number of hydrogen-bond acceptors (Lipinski definition) is 5. The van der Waals surface area contributed by atoms with Crippen LogP contribution in [0.1, 0.15) is 24.0 Å². The normalized spacial score (nSPS) is 19.6. The Kier molecular flexibility index (Phi) is 6.76. The van der Waals surface area contributed by atoms with Gasteiger partial charge in [0.25, 0.3) is 5.91 Å². The van der Waals surface area contributed by atoms with Crippen LogP contribution < -0.4 is 20.7 Å². The van der Waals surface area contributed by atoms with E-state index in [1.807, 2.05) is 12.2 Å². The summed E-state index contributed by atoms with van der Waals surface area (Å²) < 4.78 is 5.18. The molecule has 9 nitrogen and oxygen atoms in total. The molecule has 0 saturated carbocycles. The SMILES string of the molecule is COc1ccc(C(=N)N=C([OH2+])C(C=N)=C2NC(=O)C=C(C3CCNCC3)[NH2+]2)c(C)c1. The summed E-state index contributed by atoms with van der Waals surface area (Å²) in [5.74, 6) is 0.719. The van der Waals surface area contributed by atoms with E-state index in [0.29, 0.717) is 17.1 Å². The average molecular weight is 412 g/mol. The highest BCUT2D eigenvalue weighted by Crippen LogP contribution is 2.19. The van der Waals surface area contributed by atoms with E-state index in [-0.39, 0.29) is 29.1 Å². The van der Waals surface area contributed by atoms with Gasteiger partial charge in [-0.1, -0.05) is 0 Å². The number of nitrogens with two attached hydrogens (primary N) is 1. The summed E-state index contributed by atoms with van der Waals surface area (Å²) in [6.07, 6.45) is 4.46. The lowest BCUT2D eigenvalue weighted by molar-refractivity contribution is -0.569. The van der Waals surface area contributed by atoms with Crippen molar-refractivity contribution in [3.05, 3.63) is 52.5 Å². The molecule has 158 valence electrons. The van der Waals surface area contributed by atoms with Crippen molar-refractivity contribution in [2.45, 2.75) is 19.8 Å². The molecule has 0 aromatic heterocycles. The zero-order chi connectivity index (χ0) is 21.7. The number of ether oxygens (including phenoxy) is 1. The molecule has 0 unspecified atom stereocenters. The van der Waals surface area contributed by atoms with Crippen molar-refractivity contribution in [2.24, 2.45) is 10.9 Å². The monoisotopic (exact) mass is 412 g/mol. The second kappa shape index (κ2) is 9.47. The molecule has 0 atom stereocenters. The molecule has 0 bridgehead atoms. The number of allylic oxidation sites excluding steroid dienone is 1. The fourth-order valence-corrected chi connectivity index (χ4v) is 3.64. The number of benzene rings is 1. The highest BCUT2D eigenvalue weighted by atomic mass is 16.5. The number of piperidine rings is 1. The minimum atomic E-state index is -0.269. The molecule has 1 saturated heterocycles. The van der Waals surface area contributed by atoms with E-state index in [4.69, 9.17) is 20.7 Å². The molecular weight excluding hydrogens is 384 g/mol. The summed E-state index contributed by atoms with van der Waals surface area (Å²) in [6.45, 7) is 3.64. The van der Waals surface area contributed by atoms with E-state index >= 15 is 0 Å². The van der Waals surface area contributed by atoms with Gasteiger partial charge in [-0.15, -0.1) is 4.99 Å². The van der Waals surface area contributed by atoms with Crippen molar-refractivity contribution in [3.63, 3.8) is 0 Å². The highest BCUT2D eigenvalue weighted by molar-refractivity contribution is 6.16. The zero-order valence-electron chi connectivity index (χ0n) is 17.1. The molecule has 1 aromatic rings. The van der Waals surface area contributed by atoms with Gasteiger partial charge in [0.2, 0.25) is 5.82 Å². The molecule has 1 fully saturated rings. The molecule has 8 N–H and O–H groups in total. The van der Waals surface area contributed by atoms with Gasteiger partial charge in [0.1, 0.15) is 11.4 Å². The number of carbonyl (C=O) groups is 1. The van der Waals surface area contributed by atoms with Crippen LogP contribution in [0.5, 0.6) is 5.75 Å². The number of amides is 1. The van der Waals surface area contributed by atoms with Crippen LogP contribution in [0.25, 0.3) is 0 Å². The average Bonchev–Trinajstić information content (AvgIpc) is 2.74. The number of aliphatic imine (C=N–C) groups is 1. The number of rotatable bonds is 5. The fraction of sp³-hybridized carbons (Fsp3) is 0.333. The molecule has 0 aliphatic carbocycles. The minimum Gasteiger partial charge on any atom is -0.578 e. The first-order chi connectivity index (χ1) is 14.4. The van der Waals surface area contributed by atoms with Crippen molar-refractivity contribution in [3.8, 4) is 5.75 Å². The van der Waals surface area contributed by atoms with Crippen LogP contribution >= 0.6 is 0 Å². The number of hydrogen-bond donors (Lipinski definition) is 5. The summed E-state index contributed by atoms with van der Waals surface area (Å²) in [6, 6.07) is 5.25. The predicted molar refractivity (Wildman–Crippen MR) is 115 cm³/mol. The summed E-state index contributed by atoms with van der Waals surface area (Å²) in [7, 11) is 1.57. The highest BCUT2D eigenvalue weighted by Gasteiger charge is 2.31. The van der Waals surface area contributed by atoms with E-state index in [1.54, 1.807) is 31.4 Å². The molecule has 9 heteroatoms. The van der Waals surface area contributed by atoms with E-state index in [9.17, 15) is 4.79 Å². The number of aryl methyl sites for hydroxylation is 1. The summed E-state index contributed by atoms with van der Waals surface area (Å²) in [4.78, 5) is 16.3. The van der Waals surface area contributed by atoms with E-state index in [0.717, 1.165) is 43.4 Å². The first-order valence-electron chi connectivity index (χ1n) is 9.80. The maximum Gasteiger partial charge on any atom is 0.375 e. The molecule has 1 amide bonds. The lowest BCUT2D eigenvalue weighted by atomic mass is 9.93. The van der Waals surface area contributed by atoms with Crippen molar-refractivity contribution in [1.29, 1.82) is 10.8 Å². The number of carbonyl (C=O) groups excluding carboxylic acids is 1. The predicted octanol–water partition coefficient (Wildman–Crippen LogP) is -0.110. The number of quaternary nitrogens is 1.